The molecule has 5 heteroatoms. The van der Waals surface area contributed by atoms with Crippen molar-refractivity contribution >= 4 is 11.8 Å². The predicted octanol–water partition coefficient (Wildman–Crippen LogP) is 2.00. The summed E-state index contributed by atoms with van der Waals surface area (Å²) in [5, 5.41) is 10.5. The Kier molecular flexibility index (Phi) is 3.60. The SMILES string of the molecule is CCO/C=C/c1ncccc1[N+](=O)[O-]. The lowest BCUT2D eigenvalue weighted by atomic mass is 10.3. The van der Waals surface area contributed by atoms with E-state index in [-0.39, 0.29) is 5.69 Å². The van der Waals surface area contributed by atoms with Gasteiger partial charge in [-0.15, -0.1) is 0 Å². The van der Waals surface area contributed by atoms with E-state index in [1.165, 1.54) is 30.7 Å². The lowest BCUT2D eigenvalue weighted by Crippen LogP contribution is -1.93. The van der Waals surface area contributed by atoms with E-state index in [9.17, 15) is 10.1 Å². The molecule has 14 heavy (non-hydrogen) atoms. The summed E-state index contributed by atoms with van der Waals surface area (Å²) in [6.07, 6.45) is 4.37. The average Bonchev–Trinajstić information content (AvgIpc) is 2.19. The molecule has 0 aliphatic rings. The Morgan fingerprint density at radius 3 is 3.14 bits per heavy atom. The van der Waals surface area contributed by atoms with Gasteiger partial charge >= 0.3 is 0 Å². The van der Waals surface area contributed by atoms with Gasteiger partial charge in [0.2, 0.25) is 0 Å². The lowest BCUT2D eigenvalue weighted by molar-refractivity contribution is -0.385. The Hall–Kier alpha value is -1.91. The molecular formula is C9H10N2O3. The van der Waals surface area contributed by atoms with Crippen LogP contribution >= 0.6 is 0 Å². The van der Waals surface area contributed by atoms with E-state index in [1.807, 2.05) is 6.92 Å². The van der Waals surface area contributed by atoms with E-state index in [0.717, 1.165) is 0 Å². The quantitative estimate of drug-likeness (QED) is 0.417. The minimum atomic E-state index is -0.474. The van der Waals surface area contributed by atoms with Crippen LogP contribution in [0.15, 0.2) is 24.6 Å². The molecule has 0 bridgehead atoms. The number of hydrogen-bond donors (Lipinski definition) is 0. The molecule has 74 valence electrons. The highest BCUT2D eigenvalue weighted by Crippen LogP contribution is 2.15. The molecule has 1 aromatic rings. The van der Waals surface area contributed by atoms with Crippen molar-refractivity contribution < 1.29 is 9.66 Å². The van der Waals surface area contributed by atoms with Crippen molar-refractivity contribution in [3.63, 3.8) is 0 Å². The maximum Gasteiger partial charge on any atom is 0.294 e. The molecule has 0 unspecified atom stereocenters. The first kappa shape index (κ1) is 10.2. The van der Waals surface area contributed by atoms with E-state index < -0.39 is 4.92 Å². The van der Waals surface area contributed by atoms with E-state index >= 15 is 0 Å². The second-order valence-electron chi connectivity index (χ2n) is 2.42. The molecule has 0 aliphatic carbocycles. The summed E-state index contributed by atoms with van der Waals surface area (Å²) in [4.78, 5) is 13.9. The number of hydrogen-bond acceptors (Lipinski definition) is 4. The number of ether oxygens (including phenoxy) is 1. The summed E-state index contributed by atoms with van der Waals surface area (Å²) in [6, 6.07) is 2.93. The maximum atomic E-state index is 10.5. The summed E-state index contributed by atoms with van der Waals surface area (Å²) >= 11 is 0. The zero-order valence-corrected chi connectivity index (χ0v) is 7.71. The van der Waals surface area contributed by atoms with Gasteiger partial charge in [0.1, 0.15) is 5.69 Å². The van der Waals surface area contributed by atoms with Gasteiger partial charge < -0.3 is 4.74 Å². The standard InChI is InChI=1S/C9H10N2O3/c1-2-14-7-5-8-9(11(12)13)4-3-6-10-8/h3-7H,2H2,1H3/b7-5+. The smallest absolute Gasteiger partial charge is 0.294 e. The Morgan fingerprint density at radius 1 is 1.71 bits per heavy atom. The van der Waals surface area contributed by atoms with Crippen LogP contribution in [0.25, 0.3) is 6.08 Å². The molecule has 0 aromatic carbocycles. The van der Waals surface area contributed by atoms with Crippen LogP contribution in [-0.2, 0) is 4.74 Å². The fourth-order valence-electron chi connectivity index (χ4n) is 0.901. The average molecular weight is 194 g/mol. The van der Waals surface area contributed by atoms with Crippen LogP contribution in [0.4, 0.5) is 5.69 Å². The Balaban J connectivity index is 2.90. The van der Waals surface area contributed by atoms with Crippen molar-refractivity contribution in [1.29, 1.82) is 0 Å². The molecule has 0 amide bonds. The molecule has 0 spiro atoms. The molecule has 5 nitrogen and oxygen atoms in total. The van der Waals surface area contributed by atoms with Crippen molar-refractivity contribution in [1.82, 2.24) is 4.98 Å². The van der Waals surface area contributed by atoms with E-state index in [4.69, 9.17) is 4.74 Å². The number of aromatic nitrogens is 1. The fraction of sp³-hybridized carbons (Fsp3) is 0.222. The molecule has 0 saturated heterocycles. The van der Waals surface area contributed by atoms with Crippen LogP contribution in [0.3, 0.4) is 0 Å². The maximum absolute atomic E-state index is 10.5. The van der Waals surface area contributed by atoms with Gasteiger partial charge in [-0.25, -0.2) is 4.98 Å². The van der Waals surface area contributed by atoms with Gasteiger partial charge in [0.25, 0.3) is 5.69 Å². The van der Waals surface area contributed by atoms with Crippen LogP contribution in [0.5, 0.6) is 0 Å². The van der Waals surface area contributed by atoms with Crippen molar-refractivity contribution in [2.75, 3.05) is 6.61 Å². The minimum Gasteiger partial charge on any atom is -0.501 e. The predicted molar refractivity (Wildman–Crippen MR) is 51.6 cm³/mol. The normalized spacial score (nSPS) is 10.4. The largest absolute Gasteiger partial charge is 0.501 e. The Morgan fingerprint density at radius 2 is 2.50 bits per heavy atom. The monoisotopic (exact) mass is 194 g/mol. The molecule has 1 rings (SSSR count). The highest BCUT2D eigenvalue weighted by molar-refractivity contribution is 5.55. The molecule has 1 aromatic heterocycles. The molecule has 0 atom stereocenters. The molecule has 0 fully saturated rings. The number of pyridine rings is 1. The van der Waals surface area contributed by atoms with Gasteiger partial charge in [0.15, 0.2) is 0 Å². The van der Waals surface area contributed by atoms with Gasteiger partial charge in [0.05, 0.1) is 17.8 Å². The third-order valence-corrected chi connectivity index (χ3v) is 1.50. The summed E-state index contributed by atoms with van der Waals surface area (Å²) < 4.78 is 4.93. The number of nitrogens with zero attached hydrogens (tertiary/aromatic N) is 2. The summed E-state index contributed by atoms with van der Waals surface area (Å²) in [5.74, 6) is 0. The topological polar surface area (TPSA) is 65.3 Å². The van der Waals surface area contributed by atoms with Crippen molar-refractivity contribution in [3.05, 3.63) is 40.4 Å². The molecule has 0 N–H and O–H groups in total. The molecule has 0 radical (unpaired) electrons. The molecule has 0 saturated carbocycles. The van der Waals surface area contributed by atoms with E-state index in [0.29, 0.717) is 12.3 Å². The van der Waals surface area contributed by atoms with E-state index in [1.54, 1.807) is 0 Å². The van der Waals surface area contributed by atoms with Crippen LogP contribution in [0, 0.1) is 10.1 Å². The number of nitro groups is 1. The zero-order chi connectivity index (χ0) is 10.4. The molecule has 1 heterocycles. The highest BCUT2D eigenvalue weighted by atomic mass is 16.6. The first-order chi connectivity index (χ1) is 6.75. The second-order valence-corrected chi connectivity index (χ2v) is 2.42. The molecular weight excluding hydrogens is 184 g/mol. The van der Waals surface area contributed by atoms with E-state index in [2.05, 4.69) is 4.98 Å². The third kappa shape index (κ3) is 2.55. The third-order valence-electron chi connectivity index (χ3n) is 1.50. The van der Waals surface area contributed by atoms with Crippen molar-refractivity contribution in [2.45, 2.75) is 6.92 Å². The van der Waals surface area contributed by atoms with Crippen LogP contribution in [-0.4, -0.2) is 16.5 Å². The van der Waals surface area contributed by atoms with Crippen molar-refractivity contribution in [2.24, 2.45) is 0 Å². The lowest BCUT2D eigenvalue weighted by Gasteiger charge is -1.95. The molecule has 0 aliphatic heterocycles. The van der Waals surface area contributed by atoms with Gasteiger partial charge in [-0.2, -0.15) is 0 Å². The first-order valence-corrected chi connectivity index (χ1v) is 4.13. The minimum absolute atomic E-state index is 0.0246. The Bertz CT molecular complexity index is 350. The van der Waals surface area contributed by atoms with Crippen molar-refractivity contribution in [3.8, 4) is 0 Å². The Labute approximate surface area is 81.2 Å². The van der Waals surface area contributed by atoms with Crippen LogP contribution in [0.2, 0.25) is 0 Å². The van der Waals surface area contributed by atoms with Crippen LogP contribution < -0.4 is 0 Å². The number of rotatable bonds is 4. The fourth-order valence-corrected chi connectivity index (χ4v) is 0.901. The summed E-state index contributed by atoms with van der Waals surface area (Å²) in [5.41, 5.74) is 0.273. The summed E-state index contributed by atoms with van der Waals surface area (Å²) in [6.45, 7) is 2.36. The van der Waals surface area contributed by atoms with Gasteiger partial charge in [-0.3, -0.25) is 10.1 Å². The van der Waals surface area contributed by atoms with Crippen LogP contribution in [0.1, 0.15) is 12.6 Å². The zero-order valence-electron chi connectivity index (χ0n) is 7.71. The highest BCUT2D eigenvalue weighted by Gasteiger charge is 2.10. The van der Waals surface area contributed by atoms with Gasteiger partial charge in [0, 0.05) is 18.3 Å². The first-order valence-electron chi connectivity index (χ1n) is 4.13. The second kappa shape index (κ2) is 4.96. The van der Waals surface area contributed by atoms with Gasteiger partial charge in [-0.05, 0) is 13.0 Å². The van der Waals surface area contributed by atoms with Gasteiger partial charge in [-0.1, -0.05) is 0 Å². The summed E-state index contributed by atoms with van der Waals surface area (Å²) in [7, 11) is 0.